The zero-order chi connectivity index (χ0) is 8.97. The van der Waals surface area contributed by atoms with Gasteiger partial charge < -0.3 is 5.41 Å². The van der Waals surface area contributed by atoms with E-state index in [1.807, 2.05) is 25.2 Å². The average molecular weight is 159 g/mol. The van der Waals surface area contributed by atoms with E-state index >= 15 is 0 Å². The van der Waals surface area contributed by atoms with E-state index in [0.29, 0.717) is 0 Å². The van der Waals surface area contributed by atoms with Gasteiger partial charge in [0.1, 0.15) is 0 Å². The van der Waals surface area contributed by atoms with E-state index < -0.39 is 0 Å². The smallest absolute Gasteiger partial charge is 0.0392 e. The Morgan fingerprint density at radius 3 is 2.83 bits per heavy atom. The van der Waals surface area contributed by atoms with Crippen molar-refractivity contribution < 1.29 is 0 Å². The molecule has 0 heterocycles. The molecule has 0 atom stereocenters. The summed E-state index contributed by atoms with van der Waals surface area (Å²) in [5.41, 5.74) is 5.72. The molecule has 0 saturated carbocycles. The fourth-order valence-corrected chi connectivity index (χ4v) is 1.37. The molecule has 0 aromatic heterocycles. The van der Waals surface area contributed by atoms with Gasteiger partial charge in [0.15, 0.2) is 0 Å². The van der Waals surface area contributed by atoms with Crippen molar-refractivity contribution >= 4 is 5.71 Å². The van der Waals surface area contributed by atoms with Gasteiger partial charge in [-0.25, -0.2) is 0 Å². The summed E-state index contributed by atoms with van der Waals surface area (Å²) in [6.07, 6.45) is 7.63. The van der Waals surface area contributed by atoms with Gasteiger partial charge in [-0.3, -0.25) is 0 Å². The second-order valence-corrected chi connectivity index (χ2v) is 2.77. The highest BCUT2D eigenvalue weighted by Crippen LogP contribution is 2.24. The van der Waals surface area contributed by atoms with Crippen LogP contribution in [-0.4, -0.2) is 5.71 Å². The third kappa shape index (κ3) is 1.63. The van der Waals surface area contributed by atoms with Crippen LogP contribution in [0.5, 0.6) is 0 Å². The van der Waals surface area contributed by atoms with Crippen molar-refractivity contribution in [2.24, 2.45) is 0 Å². The molecule has 1 aliphatic rings. The van der Waals surface area contributed by atoms with Gasteiger partial charge in [-0.05, 0) is 37.0 Å². The summed E-state index contributed by atoms with van der Waals surface area (Å²) in [6, 6.07) is 0. The number of allylic oxidation sites excluding steroid dienone is 5. The van der Waals surface area contributed by atoms with Crippen molar-refractivity contribution in [1.82, 2.24) is 0 Å². The molecule has 0 spiro atoms. The molecule has 0 bridgehead atoms. The van der Waals surface area contributed by atoms with Crippen LogP contribution < -0.4 is 0 Å². The van der Waals surface area contributed by atoms with Crippen LogP contribution in [-0.2, 0) is 0 Å². The van der Waals surface area contributed by atoms with Crippen molar-refractivity contribution in [1.29, 1.82) is 5.41 Å². The first-order valence-corrected chi connectivity index (χ1v) is 4.09. The Hall–Kier alpha value is -1.33. The van der Waals surface area contributed by atoms with E-state index in [4.69, 9.17) is 5.41 Å². The fraction of sp³-hybridized carbons (Fsp3) is 0.273. The van der Waals surface area contributed by atoms with Gasteiger partial charge in [-0.15, -0.1) is 5.73 Å². The molecular weight excluding hydrogens is 146 g/mol. The molecule has 0 saturated heterocycles. The van der Waals surface area contributed by atoms with Crippen LogP contribution in [0.2, 0.25) is 0 Å². The van der Waals surface area contributed by atoms with Crippen molar-refractivity contribution in [2.75, 3.05) is 0 Å². The second-order valence-electron chi connectivity index (χ2n) is 2.77. The molecule has 1 aliphatic carbocycles. The zero-order valence-corrected chi connectivity index (χ0v) is 7.35. The summed E-state index contributed by atoms with van der Waals surface area (Å²) < 4.78 is 0. The molecule has 1 heteroatoms. The Labute approximate surface area is 73.3 Å². The first-order chi connectivity index (χ1) is 5.79. The topological polar surface area (TPSA) is 23.9 Å². The van der Waals surface area contributed by atoms with E-state index in [9.17, 15) is 0 Å². The lowest BCUT2D eigenvalue weighted by Crippen LogP contribution is -1.90. The first kappa shape index (κ1) is 8.76. The molecule has 0 aromatic rings. The standard InChI is InChI=1S/C11H13N/c1-3-5-9-7-8-11(12)10(9)6-4-2/h4-6,12H,1,7-8H2,2H3/b6-4-,12-11?. The summed E-state index contributed by atoms with van der Waals surface area (Å²) in [5.74, 6) is 0. The van der Waals surface area contributed by atoms with E-state index in [2.05, 4.69) is 12.3 Å². The molecule has 0 aromatic carbocycles. The van der Waals surface area contributed by atoms with Crippen LogP contribution in [0.15, 0.2) is 41.7 Å². The maximum absolute atomic E-state index is 7.64. The van der Waals surface area contributed by atoms with Gasteiger partial charge in [-0.2, -0.15) is 0 Å². The van der Waals surface area contributed by atoms with Crippen LogP contribution in [0, 0.1) is 5.41 Å². The molecular formula is C11H13N. The third-order valence-electron chi connectivity index (χ3n) is 1.93. The lowest BCUT2D eigenvalue weighted by Gasteiger charge is -1.94. The van der Waals surface area contributed by atoms with Crippen LogP contribution in [0.25, 0.3) is 0 Å². The number of nitrogens with one attached hydrogen (secondary N) is 1. The normalized spacial score (nSPS) is 17.2. The molecule has 0 amide bonds. The summed E-state index contributed by atoms with van der Waals surface area (Å²) in [4.78, 5) is 0. The van der Waals surface area contributed by atoms with Crippen LogP contribution >= 0.6 is 0 Å². The number of rotatable bonds is 2. The SMILES string of the molecule is C=C=CC1=C(/C=C\C)C(=N)CC1. The summed E-state index contributed by atoms with van der Waals surface area (Å²) in [7, 11) is 0. The van der Waals surface area contributed by atoms with E-state index in [0.717, 1.165) is 24.1 Å². The van der Waals surface area contributed by atoms with Crippen molar-refractivity contribution in [3.63, 3.8) is 0 Å². The van der Waals surface area contributed by atoms with Crippen LogP contribution in [0.4, 0.5) is 0 Å². The predicted molar refractivity (Wildman–Crippen MR) is 52.5 cm³/mol. The minimum atomic E-state index is 0.731. The van der Waals surface area contributed by atoms with E-state index in [1.54, 1.807) is 0 Å². The largest absolute Gasteiger partial charge is 0.305 e. The van der Waals surface area contributed by atoms with Crippen LogP contribution in [0.3, 0.4) is 0 Å². The molecule has 1 N–H and O–H groups in total. The summed E-state index contributed by atoms with van der Waals surface area (Å²) in [5, 5.41) is 7.64. The van der Waals surface area contributed by atoms with E-state index in [-0.39, 0.29) is 0 Å². The third-order valence-corrected chi connectivity index (χ3v) is 1.93. The van der Waals surface area contributed by atoms with Crippen molar-refractivity contribution in [3.05, 3.63) is 41.7 Å². The molecule has 1 nitrogen and oxygen atoms in total. The quantitative estimate of drug-likeness (QED) is 0.599. The minimum absolute atomic E-state index is 0.731. The zero-order valence-electron chi connectivity index (χ0n) is 7.35. The molecule has 0 unspecified atom stereocenters. The van der Waals surface area contributed by atoms with Gasteiger partial charge in [0.2, 0.25) is 0 Å². The lowest BCUT2D eigenvalue weighted by molar-refractivity contribution is 1.09. The Balaban J connectivity index is 3.05. The average Bonchev–Trinajstić information content (AvgIpc) is 2.37. The molecule has 12 heavy (non-hydrogen) atoms. The molecule has 62 valence electrons. The van der Waals surface area contributed by atoms with Gasteiger partial charge in [0, 0.05) is 5.71 Å². The molecule has 0 radical (unpaired) electrons. The number of hydrogen-bond acceptors (Lipinski definition) is 1. The van der Waals surface area contributed by atoms with Crippen molar-refractivity contribution in [2.45, 2.75) is 19.8 Å². The maximum Gasteiger partial charge on any atom is 0.0392 e. The predicted octanol–water partition coefficient (Wildman–Crippen LogP) is 3.01. The lowest BCUT2D eigenvalue weighted by atomic mass is 10.1. The maximum atomic E-state index is 7.64. The summed E-state index contributed by atoms with van der Waals surface area (Å²) in [6.45, 7) is 5.50. The Morgan fingerprint density at radius 1 is 1.50 bits per heavy atom. The van der Waals surface area contributed by atoms with Gasteiger partial charge in [0.25, 0.3) is 0 Å². The number of hydrogen-bond donors (Lipinski definition) is 1. The van der Waals surface area contributed by atoms with Gasteiger partial charge in [-0.1, -0.05) is 18.7 Å². The van der Waals surface area contributed by atoms with E-state index in [1.165, 1.54) is 5.57 Å². The molecule has 0 fully saturated rings. The van der Waals surface area contributed by atoms with Gasteiger partial charge >= 0.3 is 0 Å². The molecule has 1 rings (SSSR count). The highest BCUT2D eigenvalue weighted by atomic mass is 14.4. The van der Waals surface area contributed by atoms with Crippen LogP contribution in [0.1, 0.15) is 19.8 Å². The second kappa shape index (κ2) is 3.89. The Bertz CT molecular complexity index is 299. The highest BCUT2D eigenvalue weighted by Gasteiger charge is 2.14. The highest BCUT2D eigenvalue weighted by molar-refractivity contribution is 6.03. The van der Waals surface area contributed by atoms with Gasteiger partial charge in [0.05, 0.1) is 0 Å². The van der Waals surface area contributed by atoms with Crippen molar-refractivity contribution in [3.8, 4) is 0 Å². The molecule has 0 aliphatic heterocycles. The monoisotopic (exact) mass is 159 g/mol. The Morgan fingerprint density at radius 2 is 2.25 bits per heavy atom. The fourth-order valence-electron chi connectivity index (χ4n) is 1.37. The first-order valence-electron chi connectivity index (χ1n) is 4.09. The Kier molecular flexibility index (Phi) is 2.84. The summed E-state index contributed by atoms with van der Waals surface area (Å²) >= 11 is 0. The minimum Gasteiger partial charge on any atom is -0.305 e.